The number of carbonyl (C=O) groups is 2. The second-order valence-corrected chi connectivity index (χ2v) is 13.5. The molecule has 2 aromatic carbocycles. The predicted molar refractivity (Wildman–Crippen MR) is 192 cm³/mol. The van der Waals surface area contributed by atoms with Crippen molar-refractivity contribution in [2.45, 2.75) is 38.9 Å². The number of thiazole rings is 1. The highest BCUT2D eigenvalue weighted by atomic mass is 32.1. The van der Waals surface area contributed by atoms with Gasteiger partial charge in [-0.3, -0.25) is 10.2 Å². The molecule has 0 spiro atoms. The Morgan fingerprint density at radius 2 is 1.22 bits per heavy atom. The van der Waals surface area contributed by atoms with Gasteiger partial charge < -0.3 is 20.1 Å². The van der Waals surface area contributed by atoms with Gasteiger partial charge in [0.25, 0.3) is 0 Å². The van der Waals surface area contributed by atoms with E-state index in [1.54, 1.807) is 29.9 Å². The standard InChI is InChI=1S/C19H17N3O2S.C18H16N4O2S/c1-12-16(19(23)24-11-13-6-3-2-4-7-13)17(15-8-5-9-25-15)14-10-20-22-18(14)21-12;1-11-14(18(23)24-10-12-5-3-2-4-6-12)15(17-19-7-8-25-17)13-9-20-22-16(13)21-11/h2-10,17H,11H2,1H3,(H2,20,21,22);2-9,15H,10H2,1H3,(H2,20,21,22). The van der Waals surface area contributed by atoms with Crippen LogP contribution in [0.1, 0.15) is 57.8 Å². The van der Waals surface area contributed by atoms with Gasteiger partial charge in [-0.1, -0.05) is 66.7 Å². The zero-order chi connectivity index (χ0) is 34.5. The van der Waals surface area contributed by atoms with Crippen molar-refractivity contribution in [3.05, 3.63) is 157 Å². The number of ether oxygens (including phenoxy) is 2. The van der Waals surface area contributed by atoms with Gasteiger partial charge >= 0.3 is 11.9 Å². The van der Waals surface area contributed by atoms with Crippen molar-refractivity contribution in [3.63, 3.8) is 0 Å². The second-order valence-electron chi connectivity index (χ2n) is 11.6. The summed E-state index contributed by atoms with van der Waals surface area (Å²) in [5, 5.41) is 25.3. The molecule has 2 aliphatic heterocycles. The summed E-state index contributed by atoms with van der Waals surface area (Å²) in [7, 11) is 0. The van der Waals surface area contributed by atoms with Gasteiger partial charge in [0, 0.05) is 39.0 Å². The van der Waals surface area contributed by atoms with Crippen molar-refractivity contribution < 1.29 is 19.1 Å². The number of benzene rings is 2. The summed E-state index contributed by atoms with van der Waals surface area (Å²) in [5.41, 5.74) is 6.50. The van der Waals surface area contributed by atoms with Gasteiger partial charge in [-0.05, 0) is 36.4 Å². The Labute approximate surface area is 296 Å². The predicted octanol–water partition coefficient (Wildman–Crippen LogP) is 7.49. The number of hydrogen-bond donors (Lipinski definition) is 4. The molecule has 11 nitrogen and oxygen atoms in total. The minimum atomic E-state index is -0.346. The molecule has 0 aliphatic carbocycles. The summed E-state index contributed by atoms with van der Waals surface area (Å²) in [6.07, 6.45) is 5.24. The molecule has 2 aliphatic rings. The largest absolute Gasteiger partial charge is 0.457 e. The van der Waals surface area contributed by atoms with Gasteiger partial charge in [0.15, 0.2) is 0 Å². The number of esters is 2. The zero-order valence-corrected chi connectivity index (χ0v) is 28.8. The number of nitrogens with one attached hydrogen (secondary N) is 4. The summed E-state index contributed by atoms with van der Waals surface area (Å²) in [6.45, 7) is 4.25. The van der Waals surface area contributed by atoms with E-state index in [9.17, 15) is 9.59 Å². The van der Waals surface area contributed by atoms with Crippen molar-refractivity contribution in [1.82, 2.24) is 25.4 Å². The fourth-order valence-electron chi connectivity index (χ4n) is 6.01. The molecule has 0 saturated heterocycles. The van der Waals surface area contributed by atoms with E-state index >= 15 is 0 Å². The number of H-pyrrole nitrogens is 2. The monoisotopic (exact) mass is 703 g/mol. The summed E-state index contributed by atoms with van der Waals surface area (Å²) >= 11 is 3.13. The van der Waals surface area contributed by atoms with Gasteiger partial charge in [-0.25, -0.2) is 14.6 Å². The van der Waals surface area contributed by atoms with Crippen molar-refractivity contribution in [3.8, 4) is 0 Å². The van der Waals surface area contributed by atoms with Crippen molar-refractivity contribution in [2.24, 2.45) is 0 Å². The number of carbonyl (C=O) groups excluding carboxylic acids is 2. The maximum absolute atomic E-state index is 12.9. The molecule has 4 N–H and O–H groups in total. The number of rotatable bonds is 8. The lowest BCUT2D eigenvalue weighted by Gasteiger charge is -2.26. The Morgan fingerprint density at radius 1 is 0.680 bits per heavy atom. The molecule has 252 valence electrons. The average Bonchev–Trinajstić information content (AvgIpc) is 3.98. The van der Waals surface area contributed by atoms with Crippen molar-refractivity contribution in [2.75, 3.05) is 10.6 Å². The highest BCUT2D eigenvalue weighted by molar-refractivity contribution is 7.10. The third kappa shape index (κ3) is 6.86. The smallest absolute Gasteiger partial charge is 0.337 e. The molecule has 6 heterocycles. The third-order valence-electron chi connectivity index (χ3n) is 8.36. The van der Waals surface area contributed by atoms with E-state index in [1.807, 2.05) is 97.4 Å². The average molecular weight is 704 g/mol. The molecule has 50 heavy (non-hydrogen) atoms. The zero-order valence-electron chi connectivity index (χ0n) is 27.2. The van der Waals surface area contributed by atoms with Crippen LogP contribution in [0.5, 0.6) is 0 Å². The Morgan fingerprint density at radius 3 is 1.72 bits per heavy atom. The van der Waals surface area contributed by atoms with E-state index < -0.39 is 0 Å². The number of aromatic nitrogens is 5. The first kappa shape index (κ1) is 32.7. The molecule has 8 rings (SSSR count). The van der Waals surface area contributed by atoms with E-state index in [2.05, 4.69) is 36.0 Å². The molecule has 4 aromatic heterocycles. The van der Waals surface area contributed by atoms with Crippen LogP contribution in [0.15, 0.2) is 125 Å². The van der Waals surface area contributed by atoms with Crippen LogP contribution < -0.4 is 10.6 Å². The fourth-order valence-corrected chi connectivity index (χ4v) is 7.63. The van der Waals surface area contributed by atoms with E-state index in [1.165, 1.54) is 11.3 Å². The first-order valence-corrected chi connectivity index (χ1v) is 17.6. The minimum absolute atomic E-state index is 0.168. The molecule has 0 radical (unpaired) electrons. The summed E-state index contributed by atoms with van der Waals surface area (Å²) in [4.78, 5) is 31.2. The number of thiophene rings is 1. The topological polar surface area (TPSA) is 147 Å². The van der Waals surface area contributed by atoms with E-state index in [4.69, 9.17) is 9.47 Å². The first-order valence-electron chi connectivity index (χ1n) is 15.8. The van der Waals surface area contributed by atoms with E-state index in [0.29, 0.717) is 11.1 Å². The molecule has 0 fully saturated rings. The molecule has 2 atom stereocenters. The fraction of sp³-hybridized carbons (Fsp3) is 0.162. The minimum Gasteiger partial charge on any atom is -0.457 e. The number of hydrogen-bond acceptors (Lipinski definition) is 11. The number of nitrogens with zero attached hydrogens (tertiary/aromatic N) is 3. The van der Waals surface area contributed by atoms with Crippen LogP contribution in [0.4, 0.5) is 11.6 Å². The van der Waals surface area contributed by atoms with Crippen LogP contribution in [0, 0.1) is 0 Å². The molecule has 6 aromatic rings. The summed E-state index contributed by atoms with van der Waals surface area (Å²) < 4.78 is 11.2. The molecule has 0 saturated carbocycles. The maximum atomic E-state index is 12.9. The van der Waals surface area contributed by atoms with Gasteiger partial charge in [-0.2, -0.15) is 10.2 Å². The Kier molecular flexibility index (Phi) is 9.67. The van der Waals surface area contributed by atoms with Crippen LogP contribution in [0.25, 0.3) is 0 Å². The van der Waals surface area contributed by atoms with Gasteiger partial charge in [0.2, 0.25) is 0 Å². The lowest BCUT2D eigenvalue weighted by Crippen LogP contribution is -2.23. The van der Waals surface area contributed by atoms with Crippen LogP contribution >= 0.6 is 22.7 Å². The number of aromatic amines is 2. The Bertz CT molecular complexity index is 1980. The molecule has 2 unspecified atom stereocenters. The number of fused-ring (bicyclic) bond motifs is 2. The highest BCUT2D eigenvalue weighted by Gasteiger charge is 2.37. The SMILES string of the molecule is CC1=C(C(=O)OCc2ccccc2)C(c2cccs2)c2cn[nH]c2N1.CC1=C(C(=O)OCc2ccccc2)C(c2nccs2)c2cn[nH]c2N1. The molecule has 0 amide bonds. The Balaban J connectivity index is 0.000000157. The normalized spacial score (nSPS) is 16.3. The van der Waals surface area contributed by atoms with Crippen LogP contribution in [-0.2, 0) is 32.3 Å². The number of anilines is 2. The van der Waals surface area contributed by atoms with Gasteiger partial charge in [0.1, 0.15) is 29.9 Å². The summed E-state index contributed by atoms with van der Waals surface area (Å²) in [5.74, 6) is 0.518. The van der Waals surface area contributed by atoms with Crippen LogP contribution in [0.2, 0.25) is 0 Å². The second kappa shape index (κ2) is 14.8. The van der Waals surface area contributed by atoms with Gasteiger partial charge in [-0.15, -0.1) is 22.7 Å². The quantitative estimate of drug-likeness (QED) is 0.118. The molecular weight excluding hydrogens is 671 g/mol. The molecular formula is C37H33N7O4S2. The van der Waals surface area contributed by atoms with E-state index in [0.717, 1.165) is 55.2 Å². The van der Waals surface area contributed by atoms with Crippen LogP contribution in [-0.4, -0.2) is 37.3 Å². The molecule has 0 bridgehead atoms. The van der Waals surface area contributed by atoms with Crippen molar-refractivity contribution >= 4 is 46.2 Å². The highest BCUT2D eigenvalue weighted by Crippen LogP contribution is 2.43. The maximum Gasteiger partial charge on any atom is 0.337 e. The van der Waals surface area contributed by atoms with E-state index in [-0.39, 0.29) is 37.0 Å². The lowest BCUT2D eigenvalue weighted by atomic mass is 9.87. The Hall–Kier alpha value is -5.79. The lowest BCUT2D eigenvalue weighted by molar-refractivity contribution is -0.141. The van der Waals surface area contributed by atoms with Gasteiger partial charge in [0.05, 0.1) is 35.4 Å². The molecule has 13 heteroatoms. The van der Waals surface area contributed by atoms with Crippen LogP contribution in [0.3, 0.4) is 0 Å². The third-order valence-corrected chi connectivity index (χ3v) is 10.1. The number of allylic oxidation sites excluding steroid dienone is 2. The van der Waals surface area contributed by atoms with Crippen molar-refractivity contribution in [1.29, 1.82) is 0 Å². The first-order chi connectivity index (χ1) is 24.5. The summed E-state index contributed by atoms with van der Waals surface area (Å²) in [6, 6.07) is 23.4.